The number of aromatic nitrogens is 2. The summed E-state index contributed by atoms with van der Waals surface area (Å²) in [5, 5.41) is 0.310. The second-order valence-corrected chi connectivity index (χ2v) is 5.37. The van der Waals surface area contributed by atoms with E-state index in [9.17, 15) is 9.18 Å². The first kappa shape index (κ1) is 14.8. The highest BCUT2D eigenvalue weighted by molar-refractivity contribution is 6.31. The smallest absolute Gasteiger partial charge is 0.254 e. The van der Waals surface area contributed by atoms with E-state index in [0.29, 0.717) is 36.1 Å². The summed E-state index contributed by atoms with van der Waals surface area (Å²) in [5.41, 5.74) is 5.95. The number of rotatable bonds is 2. The molecule has 22 heavy (non-hydrogen) atoms. The monoisotopic (exact) mass is 324 g/mol. The van der Waals surface area contributed by atoms with Crippen molar-refractivity contribution in [2.45, 2.75) is 6.10 Å². The molecule has 0 radical (unpaired) electrons. The van der Waals surface area contributed by atoms with Crippen molar-refractivity contribution < 1.29 is 9.13 Å². The van der Waals surface area contributed by atoms with Gasteiger partial charge in [-0.3, -0.25) is 9.78 Å². The van der Waals surface area contributed by atoms with Crippen molar-refractivity contribution in [3.8, 4) is 0 Å². The van der Waals surface area contributed by atoms with E-state index in [2.05, 4.69) is 9.97 Å². The number of hydrogen-bond acceptors (Lipinski definition) is 5. The Bertz CT molecular complexity index is 752. The lowest BCUT2D eigenvalue weighted by atomic mass is 10.1. The molecule has 0 amide bonds. The quantitative estimate of drug-likeness (QED) is 0.878. The van der Waals surface area contributed by atoms with Crippen LogP contribution in [-0.2, 0) is 4.74 Å². The van der Waals surface area contributed by atoms with E-state index in [0.717, 1.165) is 0 Å². The third-order valence-corrected chi connectivity index (χ3v) is 3.77. The Kier molecular flexibility index (Phi) is 4.00. The van der Waals surface area contributed by atoms with E-state index < -0.39 is 5.82 Å². The zero-order valence-corrected chi connectivity index (χ0v) is 12.3. The molecule has 1 atom stereocenters. The van der Waals surface area contributed by atoms with Crippen LogP contribution in [0.5, 0.6) is 0 Å². The number of nitrogens with one attached hydrogen (secondary N) is 1. The Morgan fingerprint density at radius 3 is 3.00 bits per heavy atom. The predicted molar refractivity (Wildman–Crippen MR) is 81.6 cm³/mol. The fraction of sp³-hybridized carbons (Fsp3) is 0.286. The standard InChI is InChI=1S/C14H14ClFN4O2/c15-10-5-8(16)1-2-9(10)11-7-20(3-4-22-11)12-6-13(21)19-14(17)18-12/h1-2,5-6,11H,3-4,7H2,(H3,17,18,19,21). The lowest BCUT2D eigenvalue weighted by Crippen LogP contribution is -2.39. The molecule has 8 heteroatoms. The number of H-pyrrole nitrogens is 1. The summed E-state index contributed by atoms with van der Waals surface area (Å²) >= 11 is 6.08. The van der Waals surface area contributed by atoms with E-state index in [1.807, 2.05) is 4.90 Å². The number of nitrogens with two attached hydrogens (primary N) is 1. The molecule has 1 aliphatic rings. The summed E-state index contributed by atoms with van der Waals surface area (Å²) in [6, 6.07) is 5.58. The lowest BCUT2D eigenvalue weighted by molar-refractivity contribution is 0.0395. The molecule has 1 aromatic carbocycles. The largest absolute Gasteiger partial charge is 0.370 e. The highest BCUT2D eigenvalue weighted by Gasteiger charge is 2.25. The second-order valence-electron chi connectivity index (χ2n) is 4.96. The van der Waals surface area contributed by atoms with Gasteiger partial charge in [0.2, 0.25) is 5.95 Å². The Labute approximate surface area is 130 Å². The highest BCUT2D eigenvalue weighted by Crippen LogP contribution is 2.30. The molecule has 3 N–H and O–H groups in total. The summed E-state index contributed by atoms with van der Waals surface area (Å²) in [5.74, 6) is 0.142. The molecule has 1 fully saturated rings. The molecule has 0 saturated carbocycles. The molecular formula is C14H14ClFN4O2. The Hall–Kier alpha value is -2.12. The number of aromatic amines is 1. The van der Waals surface area contributed by atoms with Gasteiger partial charge in [0.15, 0.2) is 0 Å². The average Bonchev–Trinajstić information content (AvgIpc) is 2.46. The van der Waals surface area contributed by atoms with Gasteiger partial charge in [-0.05, 0) is 12.1 Å². The first-order valence-corrected chi connectivity index (χ1v) is 7.09. The summed E-state index contributed by atoms with van der Waals surface area (Å²) in [7, 11) is 0. The Morgan fingerprint density at radius 1 is 1.45 bits per heavy atom. The average molecular weight is 325 g/mol. The topological polar surface area (TPSA) is 84.2 Å². The van der Waals surface area contributed by atoms with Gasteiger partial charge in [0, 0.05) is 29.7 Å². The van der Waals surface area contributed by atoms with E-state index in [1.54, 1.807) is 6.07 Å². The zero-order chi connectivity index (χ0) is 15.7. The molecule has 0 bridgehead atoms. The van der Waals surface area contributed by atoms with Crippen molar-refractivity contribution in [2.75, 3.05) is 30.3 Å². The van der Waals surface area contributed by atoms with Crippen LogP contribution in [0.3, 0.4) is 0 Å². The van der Waals surface area contributed by atoms with Gasteiger partial charge < -0.3 is 15.4 Å². The zero-order valence-electron chi connectivity index (χ0n) is 11.6. The van der Waals surface area contributed by atoms with Gasteiger partial charge in [-0.1, -0.05) is 17.7 Å². The van der Waals surface area contributed by atoms with Crippen LogP contribution in [-0.4, -0.2) is 29.7 Å². The minimum atomic E-state index is -0.398. The van der Waals surface area contributed by atoms with Gasteiger partial charge in [0.05, 0.1) is 6.61 Å². The summed E-state index contributed by atoms with van der Waals surface area (Å²) in [6.07, 6.45) is -0.329. The Balaban J connectivity index is 1.86. The van der Waals surface area contributed by atoms with Crippen LogP contribution in [0, 0.1) is 5.82 Å². The first-order chi connectivity index (χ1) is 10.5. The lowest BCUT2D eigenvalue weighted by Gasteiger charge is -2.34. The van der Waals surface area contributed by atoms with Crippen LogP contribution < -0.4 is 16.2 Å². The molecule has 6 nitrogen and oxygen atoms in total. The van der Waals surface area contributed by atoms with Crippen molar-refractivity contribution in [3.63, 3.8) is 0 Å². The van der Waals surface area contributed by atoms with Crippen molar-refractivity contribution in [3.05, 3.63) is 51.0 Å². The maximum Gasteiger partial charge on any atom is 0.254 e. The third kappa shape index (κ3) is 3.05. The van der Waals surface area contributed by atoms with Crippen molar-refractivity contribution in [1.82, 2.24) is 9.97 Å². The molecule has 3 rings (SSSR count). The van der Waals surface area contributed by atoms with Gasteiger partial charge in [0.25, 0.3) is 5.56 Å². The minimum absolute atomic E-state index is 0.0605. The number of hydrogen-bond donors (Lipinski definition) is 2. The van der Waals surface area contributed by atoms with Gasteiger partial charge in [-0.25, -0.2) is 4.39 Å². The van der Waals surface area contributed by atoms with E-state index in [4.69, 9.17) is 22.1 Å². The summed E-state index contributed by atoms with van der Waals surface area (Å²) < 4.78 is 18.9. The molecule has 1 aromatic heterocycles. The number of halogens is 2. The number of nitrogen functional groups attached to an aromatic ring is 1. The van der Waals surface area contributed by atoms with Crippen molar-refractivity contribution in [1.29, 1.82) is 0 Å². The Morgan fingerprint density at radius 2 is 2.27 bits per heavy atom. The van der Waals surface area contributed by atoms with Crippen LogP contribution in [0.1, 0.15) is 11.7 Å². The van der Waals surface area contributed by atoms with E-state index >= 15 is 0 Å². The van der Waals surface area contributed by atoms with Crippen LogP contribution in [0.4, 0.5) is 16.2 Å². The summed E-state index contributed by atoms with van der Waals surface area (Å²) in [6.45, 7) is 1.46. The molecule has 1 aliphatic heterocycles. The first-order valence-electron chi connectivity index (χ1n) is 6.71. The van der Waals surface area contributed by atoms with Crippen molar-refractivity contribution >= 4 is 23.4 Å². The maximum atomic E-state index is 13.1. The number of ether oxygens (including phenoxy) is 1. The van der Waals surface area contributed by atoms with Gasteiger partial charge in [-0.15, -0.1) is 0 Å². The molecule has 116 valence electrons. The van der Waals surface area contributed by atoms with Gasteiger partial charge in [-0.2, -0.15) is 4.98 Å². The molecule has 1 unspecified atom stereocenters. The maximum absolute atomic E-state index is 13.1. The number of nitrogens with zero attached hydrogens (tertiary/aromatic N) is 2. The molecule has 1 saturated heterocycles. The number of anilines is 2. The van der Waals surface area contributed by atoms with Gasteiger partial charge >= 0.3 is 0 Å². The van der Waals surface area contributed by atoms with Crippen LogP contribution in [0.2, 0.25) is 5.02 Å². The minimum Gasteiger partial charge on any atom is -0.370 e. The van der Waals surface area contributed by atoms with Crippen LogP contribution in [0.25, 0.3) is 0 Å². The molecule has 2 aromatic rings. The van der Waals surface area contributed by atoms with Crippen molar-refractivity contribution in [2.24, 2.45) is 0 Å². The molecular weight excluding hydrogens is 311 g/mol. The second kappa shape index (κ2) is 5.94. The molecule has 0 aliphatic carbocycles. The van der Waals surface area contributed by atoms with Crippen LogP contribution >= 0.6 is 11.6 Å². The molecule has 0 spiro atoms. The predicted octanol–water partition coefficient (Wildman–Crippen LogP) is 1.72. The highest BCUT2D eigenvalue weighted by atomic mass is 35.5. The third-order valence-electron chi connectivity index (χ3n) is 3.45. The molecule has 2 heterocycles. The SMILES string of the molecule is Nc1nc(N2CCOC(c3ccc(F)cc3Cl)C2)cc(=O)[nH]1. The normalized spacial score (nSPS) is 18.5. The summed E-state index contributed by atoms with van der Waals surface area (Å²) in [4.78, 5) is 19.9. The van der Waals surface area contributed by atoms with Gasteiger partial charge in [0.1, 0.15) is 17.7 Å². The number of benzene rings is 1. The number of morpholine rings is 1. The van der Waals surface area contributed by atoms with E-state index in [1.165, 1.54) is 18.2 Å². The van der Waals surface area contributed by atoms with Crippen LogP contribution in [0.15, 0.2) is 29.1 Å². The fourth-order valence-electron chi connectivity index (χ4n) is 2.43. The van der Waals surface area contributed by atoms with E-state index in [-0.39, 0.29) is 17.6 Å². The fourth-order valence-corrected chi connectivity index (χ4v) is 2.72.